The normalized spacial score (nSPS) is 12.4. The lowest BCUT2D eigenvalue weighted by Gasteiger charge is -2.04. The predicted molar refractivity (Wildman–Crippen MR) is 53.2 cm³/mol. The molecule has 0 aromatic carbocycles. The van der Waals surface area contributed by atoms with E-state index in [0.29, 0.717) is 18.7 Å². The van der Waals surface area contributed by atoms with Gasteiger partial charge < -0.3 is 10.4 Å². The zero-order valence-corrected chi connectivity index (χ0v) is 8.75. The van der Waals surface area contributed by atoms with Gasteiger partial charge in [-0.2, -0.15) is 8.75 Å². The quantitative estimate of drug-likeness (QED) is 0.698. The molecule has 1 atom stereocenters. The molecule has 0 spiro atoms. The average Bonchev–Trinajstić information content (AvgIpc) is 2.64. The van der Waals surface area contributed by atoms with Crippen LogP contribution in [-0.4, -0.2) is 32.4 Å². The fraction of sp³-hybridized carbons (Fsp3) is 0.625. The molecule has 6 heteroatoms. The first-order valence-electron chi connectivity index (χ1n) is 4.44. The van der Waals surface area contributed by atoms with Crippen LogP contribution in [-0.2, 0) is 0 Å². The summed E-state index contributed by atoms with van der Waals surface area (Å²) in [5, 5.41) is 11.7. The molecule has 2 N–H and O–H groups in total. The standard InChI is InChI=1S/C8H13N3O2S/c1-6(12)3-2-4-9-8(13)7-5-10-14-11-7/h5-6,12H,2-4H2,1H3,(H,9,13). The highest BCUT2D eigenvalue weighted by molar-refractivity contribution is 6.99. The minimum Gasteiger partial charge on any atom is -0.393 e. The summed E-state index contributed by atoms with van der Waals surface area (Å²) >= 11 is 1.01. The van der Waals surface area contributed by atoms with Gasteiger partial charge in [0.05, 0.1) is 24.0 Å². The fourth-order valence-electron chi connectivity index (χ4n) is 0.955. The molecule has 0 aliphatic rings. The van der Waals surface area contributed by atoms with E-state index in [2.05, 4.69) is 14.1 Å². The molecule has 1 heterocycles. The molecule has 1 amide bonds. The van der Waals surface area contributed by atoms with Gasteiger partial charge in [0, 0.05) is 6.54 Å². The molecule has 5 nitrogen and oxygen atoms in total. The van der Waals surface area contributed by atoms with Crippen LogP contribution in [0.5, 0.6) is 0 Å². The second-order valence-electron chi connectivity index (χ2n) is 3.04. The summed E-state index contributed by atoms with van der Waals surface area (Å²) in [6.07, 6.45) is 2.58. The number of nitrogens with zero attached hydrogens (tertiary/aromatic N) is 2. The molecule has 0 saturated carbocycles. The third-order valence-electron chi connectivity index (χ3n) is 1.68. The van der Waals surface area contributed by atoms with Gasteiger partial charge in [-0.15, -0.1) is 0 Å². The van der Waals surface area contributed by atoms with Crippen LogP contribution in [0, 0.1) is 0 Å². The number of rotatable bonds is 5. The first-order valence-corrected chi connectivity index (χ1v) is 5.17. The van der Waals surface area contributed by atoms with Gasteiger partial charge >= 0.3 is 0 Å². The van der Waals surface area contributed by atoms with E-state index < -0.39 is 0 Å². The fourth-order valence-corrected chi connectivity index (χ4v) is 1.37. The highest BCUT2D eigenvalue weighted by Crippen LogP contribution is 1.96. The van der Waals surface area contributed by atoms with E-state index in [4.69, 9.17) is 5.11 Å². The summed E-state index contributed by atoms with van der Waals surface area (Å²) < 4.78 is 7.53. The summed E-state index contributed by atoms with van der Waals surface area (Å²) in [5.41, 5.74) is 0.354. The van der Waals surface area contributed by atoms with Crippen molar-refractivity contribution in [1.82, 2.24) is 14.1 Å². The van der Waals surface area contributed by atoms with Crippen molar-refractivity contribution in [3.8, 4) is 0 Å². The van der Waals surface area contributed by atoms with Gasteiger partial charge in [0.25, 0.3) is 5.91 Å². The highest BCUT2D eigenvalue weighted by atomic mass is 32.1. The summed E-state index contributed by atoms with van der Waals surface area (Å²) in [6.45, 7) is 2.29. The van der Waals surface area contributed by atoms with Crippen LogP contribution in [0.25, 0.3) is 0 Å². The van der Waals surface area contributed by atoms with Crippen molar-refractivity contribution in [2.24, 2.45) is 0 Å². The number of amides is 1. The molecular formula is C8H13N3O2S. The van der Waals surface area contributed by atoms with Crippen LogP contribution in [0.15, 0.2) is 6.20 Å². The minimum absolute atomic E-state index is 0.204. The van der Waals surface area contributed by atoms with Crippen LogP contribution in [0.3, 0.4) is 0 Å². The Bertz CT molecular complexity index is 274. The van der Waals surface area contributed by atoms with Crippen LogP contribution in [0.2, 0.25) is 0 Å². The van der Waals surface area contributed by atoms with E-state index in [1.54, 1.807) is 6.92 Å². The summed E-state index contributed by atoms with van der Waals surface area (Å²) in [4.78, 5) is 11.3. The smallest absolute Gasteiger partial charge is 0.272 e. The van der Waals surface area contributed by atoms with E-state index in [1.807, 2.05) is 0 Å². The summed E-state index contributed by atoms with van der Waals surface area (Å²) in [6, 6.07) is 0. The Morgan fingerprint density at radius 1 is 1.79 bits per heavy atom. The number of carbonyl (C=O) groups excluding carboxylic acids is 1. The Labute approximate surface area is 86.5 Å². The topological polar surface area (TPSA) is 75.1 Å². The largest absolute Gasteiger partial charge is 0.393 e. The van der Waals surface area contributed by atoms with Crippen LogP contribution >= 0.6 is 11.7 Å². The third-order valence-corrected chi connectivity index (χ3v) is 2.16. The molecule has 1 aromatic rings. The summed E-state index contributed by atoms with van der Waals surface area (Å²) in [5.74, 6) is -0.204. The lowest BCUT2D eigenvalue weighted by Crippen LogP contribution is -2.25. The average molecular weight is 215 g/mol. The van der Waals surface area contributed by atoms with Crippen LogP contribution < -0.4 is 5.32 Å². The van der Waals surface area contributed by atoms with Gasteiger partial charge in [-0.25, -0.2) is 0 Å². The number of aromatic nitrogens is 2. The lowest BCUT2D eigenvalue weighted by molar-refractivity contribution is 0.0945. The van der Waals surface area contributed by atoms with Gasteiger partial charge in [0.1, 0.15) is 0 Å². The van der Waals surface area contributed by atoms with E-state index >= 15 is 0 Å². The molecule has 0 bridgehead atoms. The molecule has 78 valence electrons. The second-order valence-corrected chi connectivity index (χ2v) is 3.60. The zero-order chi connectivity index (χ0) is 10.4. The van der Waals surface area contributed by atoms with Gasteiger partial charge in [0.15, 0.2) is 5.69 Å². The predicted octanol–water partition coefficient (Wildman–Crippen LogP) is 0.429. The van der Waals surface area contributed by atoms with Crippen molar-refractivity contribution in [1.29, 1.82) is 0 Å². The van der Waals surface area contributed by atoms with Gasteiger partial charge in [-0.3, -0.25) is 4.79 Å². The Balaban J connectivity index is 2.16. The maximum Gasteiger partial charge on any atom is 0.272 e. The Kier molecular flexibility index (Phi) is 4.48. The van der Waals surface area contributed by atoms with Crippen molar-refractivity contribution >= 4 is 17.6 Å². The third kappa shape index (κ3) is 3.80. The van der Waals surface area contributed by atoms with Crippen molar-refractivity contribution in [3.63, 3.8) is 0 Å². The van der Waals surface area contributed by atoms with Crippen molar-refractivity contribution in [2.75, 3.05) is 6.54 Å². The van der Waals surface area contributed by atoms with Gasteiger partial charge in [-0.1, -0.05) is 0 Å². The minimum atomic E-state index is -0.312. The number of aliphatic hydroxyl groups excluding tert-OH is 1. The Hall–Kier alpha value is -1.01. The SMILES string of the molecule is CC(O)CCCNC(=O)c1cnsn1. The molecule has 0 aliphatic carbocycles. The van der Waals surface area contributed by atoms with Crippen molar-refractivity contribution in [3.05, 3.63) is 11.9 Å². The van der Waals surface area contributed by atoms with E-state index in [0.717, 1.165) is 18.1 Å². The number of hydrogen-bond donors (Lipinski definition) is 2. The molecule has 0 aliphatic heterocycles. The zero-order valence-electron chi connectivity index (χ0n) is 7.93. The van der Waals surface area contributed by atoms with Gasteiger partial charge in [0.2, 0.25) is 0 Å². The molecule has 1 aromatic heterocycles. The first kappa shape index (κ1) is 11.1. The maximum atomic E-state index is 11.3. The van der Waals surface area contributed by atoms with E-state index in [1.165, 1.54) is 6.20 Å². The molecule has 14 heavy (non-hydrogen) atoms. The molecule has 1 unspecified atom stereocenters. The number of nitrogens with one attached hydrogen (secondary N) is 1. The highest BCUT2D eigenvalue weighted by Gasteiger charge is 2.07. The number of carbonyl (C=O) groups is 1. The Morgan fingerprint density at radius 2 is 2.57 bits per heavy atom. The molecule has 1 rings (SSSR count). The van der Waals surface area contributed by atoms with Crippen LogP contribution in [0.1, 0.15) is 30.3 Å². The first-order chi connectivity index (χ1) is 6.70. The van der Waals surface area contributed by atoms with Crippen molar-refractivity contribution < 1.29 is 9.90 Å². The maximum absolute atomic E-state index is 11.3. The van der Waals surface area contributed by atoms with Crippen molar-refractivity contribution in [2.45, 2.75) is 25.9 Å². The van der Waals surface area contributed by atoms with Gasteiger partial charge in [-0.05, 0) is 19.8 Å². The second kappa shape index (κ2) is 5.66. The molecule has 0 fully saturated rings. The Morgan fingerprint density at radius 3 is 3.14 bits per heavy atom. The lowest BCUT2D eigenvalue weighted by atomic mass is 10.2. The van der Waals surface area contributed by atoms with Crippen LogP contribution in [0.4, 0.5) is 0 Å². The van der Waals surface area contributed by atoms with E-state index in [9.17, 15) is 4.79 Å². The van der Waals surface area contributed by atoms with E-state index in [-0.39, 0.29) is 12.0 Å². The summed E-state index contributed by atoms with van der Waals surface area (Å²) in [7, 11) is 0. The monoisotopic (exact) mass is 215 g/mol. The number of hydrogen-bond acceptors (Lipinski definition) is 5. The number of aliphatic hydroxyl groups is 1. The molecule has 0 radical (unpaired) electrons. The molecular weight excluding hydrogens is 202 g/mol. The molecule has 0 saturated heterocycles.